The molecule has 0 aromatic rings. The van der Waals surface area contributed by atoms with Crippen LogP contribution in [0.3, 0.4) is 0 Å². The standard InChI is InChI=1S/C5H7ClOS/c1-7-5(6)3-2-4-8-5/h2,4H,3H2,1H3. The Morgan fingerprint density at radius 2 is 2.62 bits per heavy atom. The van der Waals surface area contributed by atoms with E-state index in [0.717, 1.165) is 6.42 Å². The molecule has 1 atom stereocenters. The maximum Gasteiger partial charge on any atom is 0.195 e. The van der Waals surface area contributed by atoms with Crippen molar-refractivity contribution in [3.8, 4) is 0 Å². The molecular weight excluding hydrogens is 144 g/mol. The third-order valence-corrected chi connectivity index (χ3v) is 2.60. The Hall–Kier alpha value is 0.340. The summed E-state index contributed by atoms with van der Waals surface area (Å²) >= 11 is 7.34. The van der Waals surface area contributed by atoms with Gasteiger partial charge < -0.3 is 4.74 Å². The molecule has 1 unspecified atom stereocenters. The molecule has 0 fully saturated rings. The quantitative estimate of drug-likeness (QED) is 0.530. The van der Waals surface area contributed by atoms with Crippen LogP contribution in [0.1, 0.15) is 6.42 Å². The van der Waals surface area contributed by atoms with Crippen molar-refractivity contribution in [2.75, 3.05) is 7.11 Å². The van der Waals surface area contributed by atoms with Crippen molar-refractivity contribution < 1.29 is 4.74 Å². The molecule has 0 aromatic heterocycles. The van der Waals surface area contributed by atoms with Gasteiger partial charge in [0.25, 0.3) is 0 Å². The van der Waals surface area contributed by atoms with Crippen molar-refractivity contribution in [2.45, 2.75) is 10.8 Å². The van der Waals surface area contributed by atoms with Crippen LogP contribution in [0.2, 0.25) is 0 Å². The predicted molar refractivity (Wildman–Crippen MR) is 36.9 cm³/mol. The number of halogens is 1. The normalized spacial score (nSPS) is 36.2. The number of ether oxygens (including phenoxy) is 1. The summed E-state index contributed by atoms with van der Waals surface area (Å²) in [5.74, 6) is 0. The van der Waals surface area contributed by atoms with Crippen LogP contribution >= 0.6 is 23.4 Å². The molecule has 1 aliphatic rings. The van der Waals surface area contributed by atoms with Crippen molar-refractivity contribution in [1.82, 2.24) is 0 Å². The Kier molecular flexibility index (Phi) is 1.85. The fourth-order valence-corrected chi connectivity index (χ4v) is 1.45. The first-order valence-corrected chi connectivity index (χ1v) is 3.59. The van der Waals surface area contributed by atoms with Gasteiger partial charge in [0.15, 0.2) is 4.39 Å². The van der Waals surface area contributed by atoms with Crippen LogP contribution in [-0.2, 0) is 4.74 Å². The van der Waals surface area contributed by atoms with Crippen molar-refractivity contribution >= 4 is 23.4 Å². The molecule has 0 aliphatic carbocycles. The summed E-state index contributed by atoms with van der Waals surface area (Å²) in [5.41, 5.74) is 0. The highest BCUT2D eigenvalue weighted by Gasteiger charge is 2.27. The van der Waals surface area contributed by atoms with E-state index < -0.39 is 4.39 Å². The number of hydrogen-bond acceptors (Lipinski definition) is 2. The molecule has 0 saturated carbocycles. The molecule has 8 heavy (non-hydrogen) atoms. The second-order valence-corrected chi connectivity index (χ2v) is 3.56. The SMILES string of the molecule is COC1(Cl)CC=CS1. The zero-order chi connectivity index (χ0) is 6.04. The first-order valence-electron chi connectivity index (χ1n) is 2.34. The molecule has 0 bridgehead atoms. The van der Waals surface area contributed by atoms with E-state index in [1.807, 2.05) is 11.5 Å². The van der Waals surface area contributed by atoms with Gasteiger partial charge in [-0.1, -0.05) is 29.4 Å². The van der Waals surface area contributed by atoms with Crippen molar-refractivity contribution in [2.24, 2.45) is 0 Å². The van der Waals surface area contributed by atoms with E-state index >= 15 is 0 Å². The number of thioether (sulfide) groups is 1. The molecule has 1 rings (SSSR count). The van der Waals surface area contributed by atoms with Gasteiger partial charge in [-0.2, -0.15) is 0 Å². The Morgan fingerprint density at radius 1 is 1.88 bits per heavy atom. The summed E-state index contributed by atoms with van der Waals surface area (Å²) in [6.07, 6.45) is 2.80. The summed E-state index contributed by atoms with van der Waals surface area (Å²) in [4.78, 5) is 0. The summed E-state index contributed by atoms with van der Waals surface area (Å²) in [6.45, 7) is 0. The minimum atomic E-state index is -0.486. The van der Waals surface area contributed by atoms with E-state index in [-0.39, 0.29) is 0 Å². The fraction of sp³-hybridized carbons (Fsp3) is 0.600. The number of rotatable bonds is 1. The molecule has 3 heteroatoms. The third kappa shape index (κ3) is 1.19. The average Bonchev–Trinajstić information content (AvgIpc) is 2.17. The Balaban J connectivity index is 2.46. The highest BCUT2D eigenvalue weighted by molar-refractivity contribution is 8.04. The van der Waals surface area contributed by atoms with Gasteiger partial charge in [-0.3, -0.25) is 0 Å². The second kappa shape index (κ2) is 2.29. The highest BCUT2D eigenvalue weighted by Crippen LogP contribution is 2.40. The lowest BCUT2D eigenvalue weighted by molar-refractivity contribution is 0.145. The summed E-state index contributed by atoms with van der Waals surface area (Å²) < 4.78 is 4.48. The van der Waals surface area contributed by atoms with Gasteiger partial charge in [-0.15, -0.1) is 0 Å². The molecule has 0 aromatic carbocycles. The Morgan fingerprint density at radius 3 is 2.88 bits per heavy atom. The van der Waals surface area contributed by atoms with Crippen LogP contribution in [0.4, 0.5) is 0 Å². The third-order valence-electron chi connectivity index (χ3n) is 1.01. The van der Waals surface area contributed by atoms with E-state index in [2.05, 4.69) is 0 Å². The van der Waals surface area contributed by atoms with Crippen LogP contribution in [0.15, 0.2) is 11.5 Å². The predicted octanol–water partition coefficient (Wildman–Crippen LogP) is 2.18. The summed E-state index contributed by atoms with van der Waals surface area (Å²) in [5, 5.41) is 1.95. The zero-order valence-corrected chi connectivity index (χ0v) is 6.13. The maximum absolute atomic E-state index is 5.83. The average molecular weight is 151 g/mol. The van der Waals surface area contributed by atoms with E-state index in [4.69, 9.17) is 16.3 Å². The van der Waals surface area contributed by atoms with Crippen LogP contribution in [0.5, 0.6) is 0 Å². The molecular formula is C5H7ClOS. The number of hydrogen-bond donors (Lipinski definition) is 0. The van der Waals surface area contributed by atoms with Gasteiger partial charge in [0.2, 0.25) is 0 Å². The van der Waals surface area contributed by atoms with E-state index in [1.165, 1.54) is 11.8 Å². The molecule has 46 valence electrons. The largest absolute Gasteiger partial charge is 0.353 e. The topological polar surface area (TPSA) is 9.23 Å². The molecule has 1 aliphatic heterocycles. The van der Waals surface area contributed by atoms with Crippen LogP contribution in [0.25, 0.3) is 0 Å². The first kappa shape index (κ1) is 6.46. The van der Waals surface area contributed by atoms with Gasteiger partial charge in [-0.25, -0.2) is 0 Å². The lowest BCUT2D eigenvalue weighted by Gasteiger charge is -2.16. The van der Waals surface area contributed by atoms with Crippen LogP contribution in [-0.4, -0.2) is 11.5 Å². The van der Waals surface area contributed by atoms with E-state index in [1.54, 1.807) is 7.11 Å². The van der Waals surface area contributed by atoms with E-state index in [0.29, 0.717) is 0 Å². The lowest BCUT2D eigenvalue weighted by atomic mass is 10.4. The highest BCUT2D eigenvalue weighted by atomic mass is 35.5. The first-order chi connectivity index (χ1) is 3.77. The minimum Gasteiger partial charge on any atom is -0.353 e. The van der Waals surface area contributed by atoms with Gasteiger partial charge in [-0.05, 0) is 5.41 Å². The zero-order valence-electron chi connectivity index (χ0n) is 4.56. The van der Waals surface area contributed by atoms with Gasteiger partial charge in [0.05, 0.1) is 0 Å². The molecule has 0 amide bonds. The summed E-state index contributed by atoms with van der Waals surface area (Å²) in [6, 6.07) is 0. The number of methoxy groups -OCH3 is 1. The minimum absolute atomic E-state index is 0.486. The van der Waals surface area contributed by atoms with Crippen molar-refractivity contribution in [3.05, 3.63) is 11.5 Å². The van der Waals surface area contributed by atoms with Gasteiger partial charge in [0.1, 0.15) is 0 Å². The Bertz CT molecular complexity index is 105. The van der Waals surface area contributed by atoms with Crippen molar-refractivity contribution in [1.29, 1.82) is 0 Å². The lowest BCUT2D eigenvalue weighted by Crippen LogP contribution is -2.13. The number of alkyl halides is 1. The molecule has 0 N–H and O–H groups in total. The van der Waals surface area contributed by atoms with E-state index in [9.17, 15) is 0 Å². The van der Waals surface area contributed by atoms with Gasteiger partial charge >= 0.3 is 0 Å². The monoisotopic (exact) mass is 150 g/mol. The molecule has 1 nitrogen and oxygen atoms in total. The molecule has 0 saturated heterocycles. The van der Waals surface area contributed by atoms with Crippen LogP contribution in [0, 0.1) is 0 Å². The summed E-state index contributed by atoms with van der Waals surface area (Å²) in [7, 11) is 1.62. The van der Waals surface area contributed by atoms with Crippen molar-refractivity contribution in [3.63, 3.8) is 0 Å². The molecule has 1 heterocycles. The fourth-order valence-electron chi connectivity index (χ4n) is 0.518. The molecule has 0 spiro atoms. The van der Waals surface area contributed by atoms with Crippen LogP contribution < -0.4 is 0 Å². The second-order valence-electron chi connectivity index (χ2n) is 1.56. The maximum atomic E-state index is 5.83. The Labute approximate surface area is 58.0 Å². The van der Waals surface area contributed by atoms with Gasteiger partial charge in [0, 0.05) is 13.5 Å². The molecule has 0 radical (unpaired) electrons. The smallest absolute Gasteiger partial charge is 0.195 e.